The normalized spacial score (nSPS) is 16.6. The van der Waals surface area contributed by atoms with Gasteiger partial charge in [0.25, 0.3) is 0 Å². The van der Waals surface area contributed by atoms with Gasteiger partial charge in [-0.2, -0.15) is 0 Å². The maximum atomic E-state index is 14.2. The van der Waals surface area contributed by atoms with Crippen LogP contribution in [0.25, 0.3) is 11.4 Å². The minimum Gasteiger partial charge on any atom is -0.465 e. The summed E-state index contributed by atoms with van der Waals surface area (Å²) in [6.07, 6.45) is 0. The average molecular weight is 490 g/mol. The van der Waals surface area contributed by atoms with Crippen LogP contribution in [0.4, 0.5) is 10.1 Å². The second-order valence-electron chi connectivity index (χ2n) is 7.74. The van der Waals surface area contributed by atoms with Gasteiger partial charge in [-0.3, -0.25) is 4.79 Å². The fourth-order valence-electron chi connectivity index (χ4n) is 3.79. The molecule has 2 N–H and O–H groups in total. The number of nitrogens with one attached hydrogen (secondary N) is 2. The predicted molar refractivity (Wildman–Crippen MR) is 130 cm³/mol. The van der Waals surface area contributed by atoms with E-state index in [4.69, 9.17) is 4.74 Å². The van der Waals surface area contributed by atoms with Gasteiger partial charge in [0.2, 0.25) is 11.1 Å². The lowest BCUT2D eigenvalue weighted by Crippen LogP contribution is -2.41. The Morgan fingerprint density at radius 1 is 1.00 bits per heavy atom. The van der Waals surface area contributed by atoms with Crippen molar-refractivity contribution in [2.45, 2.75) is 16.4 Å². The average Bonchev–Trinajstić information content (AvgIpc) is 3.32. The fraction of sp³-hybridized carbons (Fsp3) is 0.120. The number of carbonyl (C=O) groups excluding carboxylic acids is 2. The van der Waals surface area contributed by atoms with Crippen molar-refractivity contribution in [2.24, 2.45) is 0 Å². The van der Waals surface area contributed by atoms with E-state index in [1.807, 2.05) is 30.3 Å². The molecule has 8 nitrogen and oxygen atoms in total. The molecule has 10 heteroatoms. The molecule has 35 heavy (non-hydrogen) atoms. The van der Waals surface area contributed by atoms with Crippen LogP contribution in [-0.2, 0) is 9.53 Å². The highest BCUT2D eigenvalue weighted by Gasteiger charge is 2.38. The first-order chi connectivity index (χ1) is 17.0. The Hall–Kier alpha value is -4.18. The number of methoxy groups -OCH3 is 1. The Bertz CT molecular complexity index is 1380. The summed E-state index contributed by atoms with van der Waals surface area (Å²) in [7, 11) is 1.32. The molecular weight excluding hydrogens is 469 g/mol. The number of amides is 1. The number of halogens is 1. The van der Waals surface area contributed by atoms with Crippen molar-refractivity contribution >= 4 is 29.3 Å². The summed E-state index contributed by atoms with van der Waals surface area (Å²) in [5.41, 5.74) is 5.44. The first kappa shape index (κ1) is 22.6. The maximum absolute atomic E-state index is 14.2. The van der Waals surface area contributed by atoms with E-state index in [0.29, 0.717) is 16.5 Å². The predicted octanol–water partition coefficient (Wildman–Crippen LogP) is 4.27. The van der Waals surface area contributed by atoms with Gasteiger partial charge in [-0.1, -0.05) is 66.4 Å². The molecule has 1 aliphatic rings. The van der Waals surface area contributed by atoms with E-state index >= 15 is 0 Å². The van der Waals surface area contributed by atoms with E-state index in [0.717, 1.165) is 11.1 Å². The summed E-state index contributed by atoms with van der Waals surface area (Å²) in [5.74, 6) is -0.783. The Morgan fingerprint density at radius 2 is 1.71 bits per heavy atom. The van der Waals surface area contributed by atoms with Crippen LogP contribution in [0.1, 0.15) is 22.0 Å². The summed E-state index contributed by atoms with van der Waals surface area (Å²) in [6.45, 7) is 0. The SMILES string of the molecule is COC(=O)c1ccc(C2Nn3c(nnc3-c3ccccc3)SC2C(=O)Nc2ccccc2F)cc1. The maximum Gasteiger partial charge on any atom is 0.337 e. The number of nitrogens with zero attached hydrogens (tertiary/aromatic N) is 3. The summed E-state index contributed by atoms with van der Waals surface area (Å²) in [5, 5.41) is 11.1. The fourth-order valence-corrected chi connectivity index (χ4v) is 4.87. The van der Waals surface area contributed by atoms with Crippen molar-refractivity contribution in [1.29, 1.82) is 0 Å². The van der Waals surface area contributed by atoms with Gasteiger partial charge in [0.1, 0.15) is 11.1 Å². The Balaban J connectivity index is 1.52. The zero-order valence-electron chi connectivity index (χ0n) is 18.5. The molecule has 2 unspecified atom stereocenters. The van der Waals surface area contributed by atoms with Crippen LogP contribution in [0.3, 0.4) is 0 Å². The van der Waals surface area contributed by atoms with E-state index in [2.05, 4.69) is 20.9 Å². The highest BCUT2D eigenvalue weighted by Crippen LogP contribution is 2.39. The first-order valence-corrected chi connectivity index (χ1v) is 11.6. The number of hydrogen-bond donors (Lipinski definition) is 2. The summed E-state index contributed by atoms with van der Waals surface area (Å²) in [4.78, 5) is 25.2. The Morgan fingerprint density at radius 3 is 2.43 bits per heavy atom. The van der Waals surface area contributed by atoms with Crippen LogP contribution in [0.2, 0.25) is 0 Å². The van der Waals surface area contributed by atoms with E-state index < -0.39 is 29.0 Å². The van der Waals surface area contributed by atoms with Crippen LogP contribution in [0, 0.1) is 5.82 Å². The minimum absolute atomic E-state index is 0.0925. The highest BCUT2D eigenvalue weighted by atomic mass is 32.2. The molecule has 3 aromatic carbocycles. The number of rotatable bonds is 5. The number of anilines is 1. The van der Waals surface area contributed by atoms with Gasteiger partial charge in [-0.05, 0) is 29.8 Å². The number of aromatic nitrogens is 3. The van der Waals surface area contributed by atoms with Crippen molar-refractivity contribution in [3.05, 3.63) is 95.8 Å². The third-order valence-corrected chi connectivity index (χ3v) is 6.76. The van der Waals surface area contributed by atoms with Gasteiger partial charge >= 0.3 is 5.97 Å². The summed E-state index contributed by atoms with van der Waals surface area (Å²) in [6, 6.07) is 21.8. The molecule has 0 saturated heterocycles. The van der Waals surface area contributed by atoms with E-state index in [-0.39, 0.29) is 5.69 Å². The molecule has 2 heterocycles. The van der Waals surface area contributed by atoms with Gasteiger partial charge in [0.05, 0.1) is 24.4 Å². The lowest BCUT2D eigenvalue weighted by molar-refractivity contribution is -0.116. The smallest absolute Gasteiger partial charge is 0.337 e. The first-order valence-electron chi connectivity index (χ1n) is 10.7. The van der Waals surface area contributed by atoms with E-state index in [1.54, 1.807) is 41.1 Å². The lowest BCUT2D eigenvalue weighted by atomic mass is 10.0. The van der Waals surface area contributed by atoms with Crippen LogP contribution in [0.5, 0.6) is 0 Å². The molecular formula is C25H20FN5O3S. The van der Waals surface area contributed by atoms with Crippen LogP contribution >= 0.6 is 11.8 Å². The van der Waals surface area contributed by atoms with Crippen LogP contribution in [-0.4, -0.2) is 39.1 Å². The van der Waals surface area contributed by atoms with Crippen LogP contribution < -0.4 is 10.7 Å². The molecule has 176 valence electrons. The second-order valence-corrected chi connectivity index (χ2v) is 8.84. The standard InChI is InChI=1S/C25H20FN5O3S/c1-34-24(33)17-13-11-15(12-14-17)20-21(23(32)27-19-10-6-5-9-18(19)26)35-25-29-28-22(31(25)30-20)16-7-3-2-4-8-16/h2-14,20-21,30H,1H3,(H,27,32). The number of fused-ring (bicyclic) bond motifs is 1. The highest BCUT2D eigenvalue weighted by molar-refractivity contribution is 8.00. The molecule has 0 spiro atoms. The number of esters is 1. The molecule has 1 amide bonds. The summed E-state index contributed by atoms with van der Waals surface area (Å²) < 4.78 is 20.7. The van der Waals surface area contributed by atoms with Crippen LogP contribution in [0.15, 0.2) is 84.0 Å². The molecule has 0 bridgehead atoms. The van der Waals surface area contributed by atoms with Gasteiger partial charge in [0, 0.05) is 5.56 Å². The zero-order valence-corrected chi connectivity index (χ0v) is 19.3. The van der Waals surface area contributed by atoms with Gasteiger partial charge in [-0.25, -0.2) is 13.9 Å². The molecule has 0 saturated carbocycles. The molecule has 0 radical (unpaired) electrons. The molecule has 1 aliphatic heterocycles. The third-order valence-electron chi connectivity index (χ3n) is 5.55. The molecule has 0 aliphatic carbocycles. The number of carbonyl (C=O) groups is 2. The summed E-state index contributed by atoms with van der Waals surface area (Å²) >= 11 is 1.22. The van der Waals surface area contributed by atoms with Gasteiger partial charge in [0.15, 0.2) is 5.82 Å². The monoisotopic (exact) mass is 489 g/mol. The molecule has 1 aromatic heterocycles. The zero-order chi connectivity index (χ0) is 24.4. The number of ether oxygens (including phenoxy) is 1. The molecule has 0 fully saturated rings. The van der Waals surface area contributed by atoms with E-state index in [9.17, 15) is 14.0 Å². The largest absolute Gasteiger partial charge is 0.465 e. The molecule has 5 rings (SSSR count). The minimum atomic E-state index is -0.709. The van der Waals surface area contributed by atoms with Crippen molar-refractivity contribution in [3.8, 4) is 11.4 Å². The number of thioether (sulfide) groups is 1. The Labute approximate surface area is 204 Å². The van der Waals surface area contributed by atoms with Crippen molar-refractivity contribution < 1.29 is 18.7 Å². The topological polar surface area (TPSA) is 98.1 Å². The number of para-hydroxylation sites is 1. The quantitative estimate of drug-likeness (QED) is 0.404. The third kappa shape index (κ3) is 4.47. The lowest BCUT2D eigenvalue weighted by Gasteiger charge is -2.33. The van der Waals surface area contributed by atoms with Crippen molar-refractivity contribution in [2.75, 3.05) is 17.9 Å². The number of hydrogen-bond acceptors (Lipinski definition) is 7. The van der Waals surface area contributed by atoms with Gasteiger partial charge < -0.3 is 15.5 Å². The Kier molecular flexibility index (Phi) is 6.19. The van der Waals surface area contributed by atoms with Crippen molar-refractivity contribution in [3.63, 3.8) is 0 Å². The number of benzene rings is 3. The van der Waals surface area contributed by atoms with Gasteiger partial charge in [-0.15, -0.1) is 10.2 Å². The van der Waals surface area contributed by atoms with E-state index in [1.165, 1.54) is 31.0 Å². The van der Waals surface area contributed by atoms with Crippen molar-refractivity contribution in [1.82, 2.24) is 14.9 Å². The molecule has 4 aromatic rings. The second kappa shape index (κ2) is 9.59. The molecule has 2 atom stereocenters.